The second kappa shape index (κ2) is 8.48. The number of sulfone groups is 1. The summed E-state index contributed by atoms with van der Waals surface area (Å²) in [5.41, 5.74) is 0. The van der Waals surface area contributed by atoms with Crippen molar-refractivity contribution in [3.63, 3.8) is 0 Å². The number of carbonyl (C=O) groups excluding carboxylic acids is 1. The number of thioether (sulfide) groups is 1. The molecule has 2 aromatic rings. The van der Waals surface area contributed by atoms with Gasteiger partial charge in [-0.15, -0.1) is 10.2 Å². The molecular weight excluding hydrogens is 409 g/mol. The molecule has 0 saturated carbocycles. The van der Waals surface area contributed by atoms with Crippen LogP contribution in [0.5, 0.6) is 5.75 Å². The van der Waals surface area contributed by atoms with Gasteiger partial charge in [0.25, 0.3) is 11.1 Å². The molecule has 1 aromatic carbocycles. The van der Waals surface area contributed by atoms with E-state index in [1.54, 1.807) is 13.8 Å². The van der Waals surface area contributed by atoms with E-state index in [1.165, 1.54) is 24.3 Å². The summed E-state index contributed by atoms with van der Waals surface area (Å²) in [4.78, 5) is 12.3. The summed E-state index contributed by atoms with van der Waals surface area (Å²) in [5, 5.41) is 10.2. The average molecular weight is 429 g/mol. The molecule has 1 N–H and O–H groups in total. The summed E-state index contributed by atoms with van der Waals surface area (Å²) < 4.78 is 47.0. The minimum absolute atomic E-state index is 0.0287. The highest BCUT2D eigenvalue weighted by Crippen LogP contribution is 2.26. The van der Waals surface area contributed by atoms with Crippen LogP contribution in [0.15, 0.2) is 33.9 Å². The van der Waals surface area contributed by atoms with E-state index >= 15 is 0 Å². The molecule has 11 heteroatoms. The number of carbonyl (C=O) groups is 1. The van der Waals surface area contributed by atoms with Crippen LogP contribution >= 0.6 is 11.8 Å². The summed E-state index contributed by atoms with van der Waals surface area (Å²) in [5.74, 6) is 0.0978. The van der Waals surface area contributed by atoms with Gasteiger partial charge in [-0.05, 0) is 44.5 Å². The lowest BCUT2D eigenvalue weighted by atomic mass is 10.2. The quantitative estimate of drug-likeness (QED) is 0.667. The lowest BCUT2D eigenvalue weighted by Gasteiger charge is -2.14. The molecule has 28 heavy (non-hydrogen) atoms. The van der Waals surface area contributed by atoms with E-state index in [4.69, 9.17) is 9.15 Å². The van der Waals surface area contributed by atoms with E-state index in [2.05, 4.69) is 15.5 Å². The number of benzene rings is 1. The van der Waals surface area contributed by atoms with E-state index in [9.17, 15) is 17.6 Å². The van der Waals surface area contributed by atoms with Crippen LogP contribution in [0.25, 0.3) is 0 Å². The number of rotatable bonds is 7. The first-order chi connectivity index (χ1) is 13.2. The Balaban J connectivity index is 1.53. The molecule has 3 atom stereocenters. The van der Waals surface area contributed by atoms with Gasteiger partial charge in [0.15, 0.2) is 15.9 Å². The fraction of sp³-hybridized carbons (Fsp3) is 0.471. The smallest absolute Gasteiger partial charge is 0.277 e. The van der Waals surface area contributed by atoms with Crippen molar-refractivity contribution in [2.75, 3.05) is 11.5 Å². The van der Waals surface area contributed by atoms with E-state index in [0.717, 1.165) is 11.8 Å². The largest absolute Gasteiger partial charge is 0.481 e. The molecule has 0 bridgehead atoms. The molecule has 3 rings (SSSR count). The van der Waals surface area contributed by atoms with E-state index in [-0.39, 0.29) is 40.4 Å². The van der Waals surface area contributed by atoms with Gasteiger partial charge < -0.3 is 14.5 Å². The van der Waals surface area contributed by atoms with E-state index in [1.807, 2.05) is 0 Å². The zero-order valence-electron chi connectivity index (χ0n) is 15.3. The summed E-state index contributed by atoms with van der Waals surface area (Å²) >= 11 is 1.07. The third kappa shape index (κ3) is 5.44. The van der Waals surface area contributed by atoms with Gasteiger partial charge in [-0.25, -0.2) is 12.8 Å². The highest BCUT2D eigenvalue weighted by molar-refractivity contribution is 8.00. The zero-order valence-corrected chi connectivity index (χ0v) is 16.9. The molecule has 8 nitrogen and oxygen atoms in total. The van der Waals surface area contributed by atoms with Gasteiger partial charge >= 0.3 is 0 Å². The van der Waals surface area contributed by atoms with E-state index < -0.39 is 21.2 Å². The highest BCUT2D eigenvalue weighted by atomic mass is 32.2. The number of halogens is 1. The first-order valence-electron chi connectivity index (χ1n) is 8.65. The lowest BCUT2D eigenvalue weighted by Crippen LogP contribution is -2.39. The fourth-order valence-corrected chi connectivity index (χ4v) is 5.00. The number of ether oxygens (including phenoxy) is 1. The molecule has 0 spiro atoms. The number of hydrogen-bond acceptors (Lipinski definition) is 8. The Bertz CT molecular complexity index is 933. The molecule has 2 heterocycles. The van der Waals surface area contributed by atoms with Crippen LogP contribution in [0.2, 0.25) is 0 Å². The van der Waals surface area contributed by atoms with Crippen LogP contribution in [-0.2, 0) is 14.6 Å². The predicted molar refractivity (Wildman–Crippen MR) is 100 cm³/mol. The molecule has 1 amide bonds. The summed E-state index contributed by atoms with van der Waals surface area (Å²) in [6.45, 7) is 3.38. The van der Waals surface area contributed by atoms with Crippen molar-refractivity contribution in [2.45, 2.75) is 42.9 Å². The molecule has 1 aliphatic rings. The Morgan fingerprint density at radius 3 is 2.68 bits per heavy atom. The summed E-state index contributed by atoms with van der Waals surface area (Å²) in [6, 6.07) is 5.20. The molecule has 1 saturated heterocycles. The number of aromatic nitrogens is 2. The van der Waals surface area contributed by atoms with Gasteiger partial charge in [-0.2, -0.15) is 0 Å². The van der Waals surface area contributed by atoms with Gasteiger partial charge in [0.1, 0.15) is 11.6 Å². The Labute approximate surface area is 166 Å². The van der Waals surface area contributed by atoms with E-state index in [0.29, 0.717) is 12.2 Å². The Kier molecular flexibility index (Phi) is 6.23. The molecule has 0 radical (unpaired) electrons. The van der Waals surface area contributed by atoms with Crippen LogP contribution in [-0.4, -0.2) is 47.3 Å². The van der Waals surface area contributed by atoms with Crippen LogP contribution in [0.1, 0.15) is 32.3 Å². The van der Waals surface area contributed by atoms with Crippen molar-refractivity contribution in [1.82, 2.24) is 15.5 Å². The number of hydrogen-bond donors (Lipinski definition) is 1. The number of amides is 1. The zero-order chi connectivity index (χ0) is 20.3. The Morgan fingerprint density at radius 2 is 2.04 bits per heavy atom. The molecule has 1 aromatic heterocycles. The fourth-order valence-electron chi connectivity index (χ4n) is 2.63. The van der Waals surface area contributed by atoms with Crippen molar-refractivity contribution >= 4 is 27.5 Å². The minimum atomic E-state index is -3.06. The van der Waals surface area contributed by atoms with Crippen LogP contribution in [0.3, 0.4) is 0 Å². The lowest BCUT2D eigenvalue weighted by molar-refractivity contribution is -0.120. The first-order valence-corrected chi connectivity index (χ1v) is 11.3. The number of nitrogens with zero attached hydrogens (tertiary/aromatic N) is 2. The molecule has 3 unspecified atom stereocenters. The van der Waals surface area contributed by atoms with Gasteiger partial charge in [-0.1, -0.05) is 11.8 Å². The van der Waals surface area contributed by atoms with Gasteiger partial charge in [0.05, 0.1) is 16.8 Å². The SMILES string of the molecule is CC(Sc1nnc(C(C)Oc2ccc(F)cc2)o1)C(=O)NC1CCS(=O)(=O)C1. The van der Waals surface area contributed by atoms with Crippen molar-refractivity contribution in [2.24, 2.45) is 0 Å². The Morgan fingerprint density at radius 1 is 1.32 bits per heavy atom. The van der Waals surface area contributed by atoms with Crippen molar-refractivity contribution < 1.29 is 26.8 Å². The maximum atomic E-state index is 12.9. The van der Waals surface area contributed by atoms with Gasteiger partial charge in [-0.3, -0.25) is 4.79 Å². The normalized spacial score (nSPS) is 20.5. The van der Waals surface area contributed by atoms with Crippen molar-refractivity contribution in [1.29, 1.82) is 0 Å². The average Bonchev–Trinajstić information content (AvgIpc) is 3.23. The van der Waals surface area contributed by atoms with Crippen molar-refractivity contribution in [3.8, 4) is 5.75 Å². The third-order valence-electron chi connectivity index (χ3n) is 4.12. The number of nitrogens with one attached hydrogen (secondary N) is 1. The molecule has 0 aliphatic carbocycles. The molecule has 1 aliphatic heterocycles. The summed E-state index contributed by atoms with van der Waals surface area (Å²) in [6.07, 6.45) is -0.130. The monoisotopic (exact) mass is 429 g/mol. The predicted octanol–water partition coefficient (Wildman–Crippen LogP) is 2.13. The minimum Gasteiger partial charge on any atom is -0.481 e. The van der Waals surface area contributed by atoms with Crippen LogP contribution in [0.4, 0.5) is 4.39 Å². The Hall–Kier alpha value is -2.14. The van der Waals surface area contributed by atoms with Gasteiger partial charge in [0.2, 0.25) is 5.91 Å². The van der Waals surface area contributed by atoms with Crippen LogP contribution in [0, 0.1) is 5.82 Å². The second-order valence-corrected chi connectivity index (χ2v) is 10.0. The third-order valence-corrected chi connectivity index (χ3v) is 6.82. The highest BCUT2D eigenvalue weighted by Gasteiger charge is 2.30. The van der Waals surface area contributed by atoms with Crippen LogP contribution < -0.4 is 10.1 Å². The molecule has 152 valence electrons. The maximum absolute atomic E-state index is 12.9. The van der Waals surface area contributed by atoms with Gasteiger partial charge in [0, 0.05) is 6.04 Å². The molecule has 1 fully saturated rings. The van der Waals surface area contributed by atoms with Crippen molar-refractivity contribution in [3.05, 3.63) is 36.0 Å². The maximum Gasteiger partial charge on any atom is 0.277 e. The summed E-state index contributed by atoms with van der Waals surface area (Å²) in [7, 11) is -3.06. The standard InChI is InChI=1S/C17H20FN3O5S2/c1-10(25-14-5-3-12(18)4-6-14)16-20-21-17(26-16)27-11(2)15(22)19-13-7-8-28(23,24)9-13/h3-6,10-11,13H,7-9H2,1-2H3,(H,19,22). The molecular formula is C17H20FN3O5S2. The topological polar surface area (TPSA) is 111 Å². The first kappa shape index (κ1) is 20.6. The second-order valence-electron chi connectivity index (χ2n) is 6.49.